The molecule has 1 amide bonds. The van der Waals surface area contributed by atoms with Crippen molar-refractivity contribution >= 4 is 21.8 Å². The van der Waals surface area contributed by atoms with Gasteiger partial charge in [-0.15, -0.1) is 0 Å². The number of piperazine rings is 1. The van der Waals surface area contributed by atoms with Crippen LogP contribution in [0.5, 0.6) is 0 Å². The molecular formula is C11H17N5O4S. The molecule has 116 valence electrons. The van der Waals surface area contributed by atoms with Crippen LogP contribution in [0.25, 0.3) is 0 Å². The molecule has 0 bridgehead atoms. The van der Waals surface area contributed by atoms with Crippen molar-refractivity contribution in [2.45, 2.75) is 6.54 Å². The first-order valence-corrected chi connectivity index (χ1v) is 7.79. The minimum absolute atomic E-state index is 0.126. The van der Waals surface area contributed by atoms with Gasteiger partial charge in [-0.2, -0.15) is 12.7 Å². The van der Waals surface area contributed by atoms with E-state index >= 15 is 0 Å². The standard InChI is InChI=1S/C11H17N5O4S/c12-9-1-2-10(17)15(7-9)8-11(18)14-3-5-16(6-4-14)21(13,19)20/h1-2,7H,3-6,8,12H2,(H2,13,19,20). The molecule has 9 nitrogen and oxygen atoms in total. The number of aromatic nitrogens is 1. The number of carbonyl (C=O) groups is 1. The molecule has 0 aromatic carbocycles. The molecule has 21 heavy (non-hydrogen) atoms. The number of hydrogen-bond donors (Lipinski definition) is 2. The van der Waals surface area contributed by atoms with Gasteiger partial charge in [0, 0.05) is 44.1 Å². The van der Waals surface area contributed by atoms with Gasteiger partial charge >= 0.3 is 0 Å². The van der Waals surface area contributed by atoms with Crippen molar-refractivity contribution in [2.75, 3.05) is 31.9 Å². The zero-order valence-electron chi connectivity index (χ0n) is 11.3. The number of anilines is 1. The maximum absolute atomic E-state index is 12.1. The lowest BCUT2D eigenvalue weighted by Gasteiger charge is -2.33. The number of nitrogen functional groups attached to an aromatic ring is 1. The number of rotatable bonds is 3. The number of hydrogen-bond acceptors (Lipinski definition) is 5. The van der Waals surface area contributed by atoms with Gasteiger partial charge < -0.3 is 15.2 Å². The van der Waals surface area contributed by atoms with E-state index in [1.54, 1.807) is 0 Å². The molecule has 0 radical (unpaired) electrons. The molecule has 0 spiro atoms. The van der Waals surface area contributed by atoms with E-state index in [2.05, 4.69) is 0 Å². The minimum atomic E-state index is -3.72. The average molecular weight is 315 g/mol. The van der Waals surface area contributed by atoms with Crippen LogP contribution in [0.1, 0.15) is 0 Å². The Morgan fingerprint density at radius 2 is 1.81 bits per heavy atom. The summed E-state index contributed by atoms with van der Waals surface area (Å²) in [5.41, 5.74) is 5.65. The highest BCUT2D eigenvalue weighted by molar-refractivity contribution is 7.86. The van der Waals surface area contributed by atoms with Crippen LogP contribution in [0, 0.1) is 0 Å². The lowest BCUT2D eigenvalue weighted by Crippen LogP contribution is -2.53. The van der Waals surface area contributed by atoms with E-state index in [4.69, 9.17) is 10.9 Å². The Labute approximate surface area is 121 Å². The normalized spacial score (nSPS) is 16.9. The van der Waals surface area contributed by atoms with E-state index in [1.165, 1.54) is 27.8 Å². The van der Waals surface area contributed by atoms with E-state index < -0.39 is 10.2 Å². The average Bonchev–Trinajstić information content (AvgIpc) is 2.42. The smallest absolute Gasteiger partial charge is 0.277 e. The summed E-state index contributed by atoms with van der Waals surface area (Å²) >= 11 is 0. The van der Waals surface area contributed by atoms with Gasteiger partial charge in [0.15, 0.2) is 0 Å². The van der Waals surface area contributed by atoms with Crippen molar-refractivity contribution in [1.29, 1.82) is 0 Å². The SMILES string of the molecule is Nc1ccc(=O)n(CC(=O)N2CCN(S(N)(=O)=O)CC2)c1. The minimum Gasteiger partial charge on any atom is -0.398 e. The van der Waals surface area contributed by atoms with Gasteiger partial charge in [-0.1, -0.05) is 0 Å². The predicted octanol–water partition coefficient (Wildman–Crippen LogP) is -2.22. The quantitative estimate of drug-likeness (QED) is 0.652. The van der Waals surface area contributed by atoms with Crippen LogP contribution in [0.2, 0.25) is 0 Å². The molecule has 1 aliphatic heterocycles. The van der Waals surface area contributed by atoms with Gasteiger partial charge in [-0.05, 0) is 6.07 Å². The molecule has 2 heterocycles. The zero-order valence-corrected chi connectivity index (χ0v) is 12.1. The third kappa shape index (κ3) is 3.80. The van der Waals surface area contributed by atoms with Crippen LogP contribution in [0.15, 0.2) is 23.1 Å². The molecule has 1 fully saturated rings. The Morgan fingerprint density at radius 3 is 2.38 bits per heavy atom. The molecule has 1 aliphatic rings. The summed E-state index contributed by atoms with van der Waals surface area (Å²) in [6.45, 7) is 0.657. The largest absolute Gasteiger partial charge is 0.398 e. The van der Waals surface area contributed by atoms with Gasteiger partial charge in [0.05, 0.1) is 0 Å². The predicted molar refractivity (Wildman–Crippen MR) is 76.4 cm³/mol. The van der Waals surface area contributed by atoms with Crippen LogP contribution < -0.4 is 16.4 Å². The van der Waals surface area contributed by atoms with E-state index in [9.17, 15) is 18.0 Å². The lowest BCUT2D eigenvalue weighted by molar-refractivity contribution is -0.133. The molecule has 4 N–H and O–H groups in total. The Bertz CT molecular complexity index is 691. The van der Waals surface area contributed by atoms with Crippen LogP contribution >= 0.6 is 0 Å². The van der Waals surface area contributed by atoms with Gasteiger partial charge in [0.1, 0.15) is 6.54 Å². The third-order valence-electron chi connectivity index (χ3n) is 3.26. The maximum atomic E-state index is 12.1. The second-order valence-corrected chi connectivity index (χ2v) is 6.30. The van der Waals surface area contributed by atoms with Crippen molar-refractivity contribution in [3.05, 3.63) is 28.7 Å². The molecule has 1 saturated heterocycles. The summed E-state index contributed by atoms with van der Waals surface area (Å²) in [4.78, 5) is 25.2. The van der Waals surface area contributed by atoms with Gasteiger partial charge in [0.2, 0.25) is 5.91 Å². The fourth-order valence-electron chi connectivity index (χ4n) is 2.11. The molecular weight excluding hydrogens is 298 g/mol. The maximum Gasteiger partial charge on any atom is 0.277 e. The summed E-state index contributed by atoms with van der Waals surface area (Å²) in [7, 11) is -3.72. The van der Waals surface area contributed by atoms with E-state index in [0.717, 1.165) is 4.31 Å². The van der Waals surface area contributed by atoms with Crippen LogP contribution in [-0.2, 0) is 21.5 Å². The lowest BCUT2D eigenvalue weighted by atomic mass is 10.3. The molecule has 0 saturated carbocycles. The second kappa shape index (κ2) is 5.84. The second-order valence-electron chi connectivity index (χ2n) is 4.75. The van der Waals surface area contributed by atoms with Crippen molar-refractivity contribution in [3.63, 3.8) is 0 Å². The summed E-state index contributed by atoms with van der Waals surface area (Å²) in [6, 6.07) is 2.76. The third-order valence-corrected chi connectivity index (χ3v) is 4.35. The Hall–Kier alpha value is -1.91. The highest BCUT2D eigenvalue weighted by atomic mass is 32.2. The van der Waals surface area contributed by atoms with Crippen molar-refractivity contribution in [1.82, 2.24) is 13.8 Å². The first kappa shape index (κ1) is 15.5. The van der Waals surface area contributed by atoms with Crippen LogP contribution in [0.3, 0.4) is 0 Å². The molecule has 0 aliphatic carbocycles. The van der Waals surface area contributed by atoms with Crippen LogP contribution in [-0.4, -0.2) is 54.3 Å². The Balaban J connectivity index is 2.00. The number of carbonyl (C=O) groups excluding carboxylic acids is 1. The van der Waals surface area contributed by atoms with E-state index in [0.29, 0.717) is 5.69 Å². The molecule has 0 atom stereocenters. The Kier molecular flexibility index (Phi) is 4.30. The van der Waals surface area contributed by atoms with Gasteiger partial charge in [-0.3, -0.25) is 9.59 Å². The number of nitrogens with zero attached hydrogens (tertiary/aromatic N) is 3. The Morgan fingerprint density at radius 1 is 1.19 bits per heavy atom. The first-order valence-electron chi connectivity index (χ1n) is 6.29. The fourth-order valence-corrected chi connectivity index (χ4v) is 2.78. The number of nitrogens with two attached hydrogens (primary N) is 2. The van der Waals surface area contributed by atoms with Crippen molar-refractivity contribution in [3.8, 4) is 0 Å². The summed E-state index contributed by atoms with van der Waals surface area (Å²) in [6.07, 6.45) is 1.40. The van der Waals surface area contributed by atoms with Gasteiger partial charge in [-0.25, -0.2) is 5.14 Å². The number of amides is 1. The molecule has 1 aromatic rings. The van der Waals surface area contributed by atoms with Gasteiger partial charge in [0.25, 0.3) is 15.8 Å². The van der Waals surface area contributed by atoms with E-state index in [-0.39, 0.29) is 44.2 Å². The monoisotopic (exact) mass is 315 g/mol. The molecule has 0 unspecified atom stereocenters. The summed E-state index contributed by atoms with van der Waals surface area (Å²) in [5.74, 6) is -0.267. The molecule has 1 aromatic heterocycles. The zero-order chi connectivity index (χ0) is 15.6. The number of pyridine rings is 1. The van der Waals surface area contributed by atoms with Crippen LogP contribution in [0.4, 0.5) is 5.69 Å². The van der Waals surface area contributed by atoms with Crippen molar-refractivity contribution in [2.24, 2.45) is 5.14 Å². The fraction of sp³-hybridized carbons (Fsp3) is 0.455. The van der Waals surface area contributed by atoms with E-state index in [1.807, 2.05) is 0 Å². The van der Waals surface area contributed by atoms with Crippen molar-refractivity contribution < 1.29 is 13.2 Å². The highest BCUT2D eigenvalue weighted by Crippen LogP contribution is 2.06. The summed E-state index contributed by atoms with van der Waals surface area (Å²) in [5, 5.41) is 5.03. The molecule has 10 heteroatoms. The summed E-state index contributed by atoms with van der Waals surface area (Å²) < 4.78 is 24.7. The first-order chi connectivity index (χ1) is 9.77. The molecule has 2 rings (SSSR count). The topological polar surface area (TPSA) is 132 Å². The highest BCUT2D eigenvalue weighted by Gasteiger charge is 2.26.